The number of anilines is 3. The highest BCUT2D eigenvalue weighted by Gasteiger charge is 2.25. The lowest BCUT2D eigenvalue weighted by molar-refractivity contribution is 0.0717. The third-order valence-electron chi connectivity index (χ3n) is 5.11. The van der Waals surface area contributed by atoms with Gasteiger partial charge in [0, 0.05) is 37.8 Å². The summed E-state index contributed by atoms with van der Waals surface area (Å²) in [5.41, 5.74) is 1.59. The van der Waals surface area contributed by atoms with Crippen LogP contribution >= 0.6 is 0 Å². The standard InChI is InChI=1S/C22H20N6O2/c29-22(19-14-16-4-1-2-6-18(16)30-19)28-12-10-27(11-13-28)21-8-7-20(25-26-21)24-17-5-3-9-23-15-17/h1-9,14-15H,10-13H2,(H,24,25). The third kappa shape index (κ3) is 3.67. The highest BCUT2D eigenvalue weighted by Crippen LogP contribution is 2.22. The number of nitrogens with one attached hydrogen (secondary N) is 1. The number of carbonyl (C=O) groups excluding carboxylic acids is 1. The number of aromatic nitrogens is 3. The molecule has 8 nitrogen and oxygen atoms in total. The summed E-state index contributed by atoms with van der Waals surface area (Å²) in [4.78, 5) is 20.8. The van der Waals surface area contributed by atoms with Crippen LogP contribution < -0.4 is 10.2 Å². The molecule has 0 radical (unpaired) electrons. The monoisotopic (exact) mass is 400 g/mol. The van der Waals surface area contributed by atoms with Crippen LogP contribution in [-0.4, -0.2) is 52.2 Å². The summed E-state index contributed by atoms with van der Waals surface area (Å²) < 4.78 is 5.72. The molecule has 150 valence electrons. The molecule has 1 saturated heterocycles. The predicted octanol–water partition coefficient (Wildman–Crippen LogP) is 3.32. The van der Waals surface area contributed by atoms with Gasteiger partial charge in [0.05, 0.1) is 11.9 Å². The van der Waals surface area contributed by atoms with Crippen molar-refractivity contribution in [2.24, 2.45) is 0 Å². The molecule has 1 N–H and O–H groups in total. The molecule has 0 unspecified atom stereocenters. The van der Waals surface area contributed by atoms with E-state index in [1.807, 2.05) is 59.5 Å². The molecule has 4 aromatic rings. The minimum absolute atomic E-state index is 0.0760. The first-order valence-corrected chi connectivity index (χ1v) is 9.80. The molecule has 1 amide bonds. The van der Waals surface area contributed by atoms with E-state index in [4.69, 9.17) is 4.42 Å². The highest BCUT2D eigenvalue weighted by molar-refractivity contribution is 5.96. The van der Waals surface area contributed by atoms with Gasteiger partial charge in [-0.15, -0.1) is 10.2 Å². The van der Waals surface area contributed by atoms with Crippen molar-refractivity contribution in [3.05, 3.63) is 72.8 Å². The Balaban J connectivity index is 1.20. The van der Waals surface area contributed by atoms with E-state index in [1.165, 1.54) is 0 Å². The molecule has 1 aliphatic rings. The van der Waals surface area contributed by atoms with Crippen molar-refractivity contribution >= 4 is 34.2 Å². The Bertz CT molecular complexity index is 1120. The number of rotatable bonds is 4. The number of nitrogens with zero attached hydrogens (tertiary/aromatic N) is 5. The highest BCUT2D eigenvalue weighted by atomic mass is 16.3. The van der Waals surface area contributed by atoms with Gasteiger partial charge >= 0.3 is 0 Å². The van der Waals surface area contributed by atoms with Crippen LogP contribution in [0.3, 0.4) is 0 Å². The molecule has 1 aromatic carbocycles. The van der Waals surface area contributed by atoms with Crippen molar-refractivity contribution in [1.29, 1.82) is 0 Å². The van der Waals surface area contributed by atoms with Crippen LogP contribution in [0.5, 0.6) is 0 Å². The van der Waals surface area contributed by atoms with Crippen molar-refractivity contribution < 1.29 is 9.21 Å². The van der Waals surface area contributed by atoms with Crippen LogP contribution in [0.1, 0.15) is 10.6 Å². The fourth-order valence-electron chi connectivity index (χ4n) is 3.53. The van der Waals surface area contributed by atoms with Gasteiger partial charge in [0.2, 0.25) is 0 Å². The second-order valence-corrected chi connectivity index (χ2v) is 7.07. The lowest BCUT2D eigenvalue weighted by Gasteiger charge is -2.34. The topological polar surface area (TPSA) is 87.4 Å². The van der Waals surface area contributed by atoms with Gasteiger partial charge in [-0.2, -0.15) is 0 Å². The summed E-state index contributed by atoms with van der Waals surface area (Å²) in [5, 5.41) is 12.7. The number of furan rings is 1. The van der Waals surface area contributed by atoms with Gasteiger partial charge in [-0.25, -0.2) is 0 Å². The zero-order valence-corrected chi connectivity index (χ0v) is 16.2. The van der Waals surface area contributed by atoms with Crippen LogP contribution in [-0.2, 0) is 0 Å². The summed E-state index contributed by atoms with van der Waals surface area (Å²) in [7, 11) is 0. The second-order valence-electron chi connectivity index (χ2n) is 7.07. The molecule has 3 aromatic heterocycles. The number of pyridine rings is 1. The average Bonchev–Trinajstić information content (AvgIpc) is 3.24. The van der Waals surface area contributed by atoms with Crippen molar-refractivity contribution in [2.75, 3.05) is 36.4 Å². The molecule has 1 aliphatic heterocycles. The summed E-state index contributed by atoms with van der Waals surface area (Å²) in [6.45, 7) is 2.59. The minimum atomic E-state index is -0.0760. The summed E-state index contributed by atoms with van der Waals surface area (Å²) in [6.07, 6.45) is 3.45. The Kier molecular flexibility index (Phi) is 4.72. The first kappa shape index (κ1) is 18.1. The number of benzene rings is 1. The van der Waals surface area contributed by atoms with E-state index in [9.17, 15) is 4.79 Å². The summed E-state index contributed by atoms with van der Waals surface area (Å²) in [6, 6.07) is 17.1. The van der Waals surface area contributed by atoms with Crippen LogP contribution in [0.15, 0.2) is 71.4 Å². The molecule has 0 spiro atoms. The first-order valence-electron chi connectivity index (χ1n) is 9.80. The maximum Gasteiger partial charge on any atom is 0.289 e. The molecule has 0 bridgehead atoms. The van der Waals surface area contributed by atoms with Gasteiger partial charge in [-0.3, -0.25) is 9.78 Å². The Labute approximate surface area is 173 Å². The summed E-state index contributed by atoms with van der Waals surface area (Å²) >= 11 is 0. The molecular weight excluding hydrogens is 380 g/mol. The van der Waals surface area contributed by atoms with E-state index in [0.717, 1.165) is 22.5 Å². The molecule has 0 saturated carbocycles. The number of hydrogen-bond donors (Lipinski definition) is 1. The smallest absolute Gasteiger partial charge is 0.289 e. The van der Waals surface area contributed by atoms with E-state index >= 15 is 0 Å². The zero-order valence-electron chi connectivity index (χ0n) is 16.2. The minimum Gasteiger partial charge on any atom is -0.451 e. The van der Waals surface area contributed by atoms with Crippen molar-refractivity contribution in [3.63, 3.8) is 0 Å². The van der Waals surface area contributed by atoms with Gasteiger partial charge in [-0.05, 0) is 36.4 Å². The van der Waals surface area contributed by atoms with Gasteiger partial charge < -0.3 is 19.5 Å². The number of carbonyl (C=O) groups is 1. The normalized spacial score (nSPS) is 14.1. The first-order chi connectivity index (χ1) is 14.8. The average molecular weight is 400 g/mol. The molecule has 1 fully saturated rings. The van der Waals surface area contributed by atoms with Gasteiger partial charge in [-0.1, -0.05) is 18.2 Å². The van der Waals surface area contributed by atoms with E-state index in [1.54, 1.807) is 12.4 Å². The Morgan fingerprint density at radius 3 is 2.57 bits per heavy atom. The number of amides is 1. The van der Waals surface area contributed by atoms with Crippen LogP contribution in [0, 0.1) is 0 Å². The Hall–Kier alpha value is -3.94. The SMILES string of the molecule is O=C(c1cc2ccccc2o1)N1CCN(c2ccc(Nc3cccnc3)nn2)CC1. The maximum atomic E-state index is 12.8. The molecule has 5 rings (SSSR count). The van der Waals surface area contributed by atoms with Crippen LogP contribution in [0.4, 0.5) is 17.3 Å². The fourth-order valence-corrected chi connectivity index (χ4v) is 3.53. The number of piperazine rings is 1. The number of fused-ring (bicyclic) bond motifs is 1. The number of hydrogen-bond acceptors (Lipinski definition) is 7. The quantitative estimate of drug-likeness (QED) is 0.562. The zero-order chi connectivity index (χ0) is 20.3. The second kappa shape index (κ2) is 7.82. The predicted molar refractivity (Wildman–Crippen MR) is 114 cm³/mol. The summed E-state index contributed by atoms with van der Waals surface area (Å²) in [5.74, 6) is 1.76. The largest absolute Gasteiger partial charge is 0.451 e. The molecule has 30 heavy (non-hydrogen) atoms. The Morgan fingerprint density at radius 1 is 0.967 bits per heavy atom. The van der Waals surface area contributed by atoms with E-state index in [2.05, 4.69) is 25.4 Å². The van der Waals surface area contributed by atoms with Crippen LogP contribution in [0.25, 0.3) is 11.0 Å². The fraction of sp³-hybridized carbons (Fsp3) is 0.182. The number of para-hydroxylation sites is 1. The lowest BCUT2D eigenvalue weighted by atomic mass is 10.2. The third-order valence-corrected chi connectivity index (χ3v) is 5.11. The molecule has 4 heterocycles. The maximum absolute atomic E-state index is 12.8. The van der Waals surface area contributed by atoms with Crippen molar-refractivity contribution in [2.45, 2.75) is 0 Å². The molecular formula is C22H20N6O2. The molecule has 8 heteroatoms. The van der Waals surface area contributed by atoms with Gasteiger partial charge in [0.1, 0.15) is 5.58 Å². The lowest BCUT2D eigenvalue weighted by Crippen LogP contribution is -2.49. The Morgan fingerprint density at radius 2 is 1.83 bits per heavy atom. The van der Waals surface area contributed by atoms with Crippen LogP contribution in [0.2, 0.25) is 0 Å². The van der Waals surface area contributed by atoms with E-state index in [0.29, 0.717) is 37.8 Å². The molecule has 0 aliphatic carbocycles. The van der Waals surface area contributed by atoms with Gasteiger partial charge in [0.25, 0.3) is 5.91 Å². The van der Waals surface area contributed by atoms with Crippen molar-refractivity contribution in [1.82, 2.24) is 20.1 Å². The van der Waals surface area contributed by atoms with Gasteiger partial charge in [0.15, 0.2) is 17.4 Å². The van der Waals surface area contributed by atoms with Crippen molar-refractivity contribution in [3.8, 4) is 0 Å². The van der Waals surface area contributed by atoms with E-state index < -0.39 is 0 Å². The molecule has 0 atom stereocenters. The van der Waals surface area contributed by atoms with E-state index in [-0.39, 0.29) is 5.91 Å².